The molecule has 0 spiro atoms. The fourth-order valence-electron chi connectivity index (χ4n) is 1.86. The number of rotatable bonds is 6. The van der Waals surface area contributed by atoms with Crippen molar-refractivity contribution >= 4 is 26.1 Å². The van der Waals surface area contributed by atoms with E-state index in [1.54, 1.807) is 36.5 Å². The maximum Gasteiger partial charge on any atom is 0.244 e. The third kappa shape index (κ3) is 5.83. The molecule has 0 radical (unpaired) electrons. The summed E-state index contributed by atoms with van der Waals surface area (Å²) >= 11 is 6.05. The van der Waals surface area contributed by atoms with Crippen molar-refractivity contribution in [3.63, 3.8) is 0 Å². The summed E-state index contributed by atoms with van der Waals surface area (Å²) in [4.78, 5) is 4.23. The Hall–Kier alpha value is -2.11. The molecule has 0 aliphatic rings. The van der Waals surface area contributed by atoms with Crippen LogP contribution in [0, 0.1) is 5.82 Å². The number of hydrogen-bond acceptors (Lipinski definition) is 3. The van der Waals surface area contributed by atoms with Crippen LogP contribution < -0.4 is 4.74 Å². The first-order chi connectivity index (χ1) is 11.2. The SMILES string of the molecule is C=C(N=Cc1cc(Cl)ccc1Oc1ccc(F)cc1)O[Si](C)(C)C. The molecule has 0 N–H and O–H groups in total. The third-order valence-corrected chi connectivity index (χ3v) is 3.87. The summed E-state index contributed by atoms with van der Waals surface area (Å²) in [5, 5.41) is 0.555. The van der Waals surface area contributed by atoms with Crippen molar-refractivity contribution in [3.8, 4) is 11.5 Å². The second-order valence-corrected chi connectivity index (χ2v) is 11.0. The molecule has 0 fully saturated rings. The molecule has 126 valence electrons. The van der Waals surface area contributed by atoms with Gasteiger partial charge in [-0.25, -0.2) is 9.38 Å². The molecule has 6 heteroatoms. The Bertz CT molecular complexity index is 755. The van der Waals surface area contributed by atoms with Gasteiger partial charge < -0.3 is 9.16 Å². The van der Waals surface area contributed by atoms with Crippen LogP contribution >= 0.6 is 11.6 Å². The van der Waals surface area contributed by atoms with Gasteiger partial charge in [-0.05, 0) is 68.7 Å². The van der Waals surface area contributed by atoms with E-state index in [0.717, 1.165) is 0 Å². The zero-order valence-electron chi connectivity index (χ0n) is 13.8. The molecule has 0 atom stereocenters. The van der Waals surface area contributed by atoms with Gasteiger partial charge in [0.1, 0.15) is 17.3 Å². The Morgan fingerprint density at radius 2 is 1.83 bits per heavy atom. The molecular formula is C18H19ClFNO2Si. The van der Waals surface area contributed by atoms with E-state index in [1.165, 1.54) is 12.1 Å². The van der Waals surface area contributed by atoms with Crippen LogP contribution in [-0.4, -0.2) is 14.5 Å². The van der Waals surface area contributed by atoms with Gasteiger partial charge in [0.25, 0.3) is 0 Å². The number of hydrogen-bond donors (Lipinski definition) is 0. The summed E-state index contributed by atoms with van der Waals surface area (Å²) in [6.07, 6.45) is 1.59. The highest BCUT2D eigenvalue weighted by Crippen LogP contribution is 2.27. The van der Waals surface area contributed by atoms with Crippen molar-refractivity contribution in [3.05, 3.63) is 71.3 Å². The van der Waals surface area contributed by atoms with Crippen molar-refractivity contribution < 1.29 is 13.6 Å². The average Bonchev–Trinajstić information content (AvgIpc) is 2.48. The van der Waals surface area contributed by atoms with Crippen molar-refractivity contribution in [1.29, 1.82) is 0 Å². The molecule has 24 heavy (non-hydrogen) atoms. The van der Waals surface area contributed by atoms with Gasteiger partial charge in [0.2, 0.25) is 8.32 Å². The minimum atomic E-state index is -1.76. The molecule has 0 aliphatic heterocycles. The van der Waals surface area contributed by atoms with Crippen LogP contribution in [0.2, 0.25) is 24.7 Å². The first-order valence-electron chi connectivity index (χ1n) is 7.38. The highest BCUT2D eigenvalue weighted by atomic mass is 35.5. The van der Waals surface area contributed by atoms with Crippen LogP contribution in [-0.2, 0) is 4.43 Å². The lowest BCUT2D eigenvalue weighted by molar-refractivity contribution is 0.421. The fourth-order valence-corrected chi connectivity index (χ4v) is 2.80. The van der Waals surface area contributed by atoms with Crippen LogP contribution in [0.4, 0.5) is 4.39 Å². The lowest BCUT2D eigenvalue weighted by Crippen LogP contribution is -2.24. The van der Waals surface area contributed by atoms with Gasteiger partial charge in [0, 0.05) is 16.8 Å². The molecule has 0 saturated carbocycles. The smallest absolute Gasteiger partial charge is 0.244 e. The maximum absolute atomic E-state index is 13.0. The van der Waals surface area contributed by atoms with E-state index in [-0.39, 0.29) is 5.82 Å². The van der Waals surface area contributed by atoms with Gasteiger partial charge in [0.05, 0.1) is 0 Å². The zero-order chi connectivity index (χ0) is 17.7. The molecule has 2 aromatic rings. The summed E-state index contributed by atoms with van der Waals surface area (Å²) in [5.74, 6) is 1.10. The molecular weight excluding hydrogens is 345 g/mol. The maximum atomic E-state index is 13.0. The molecule has 0 heterocycles. The molecule has 0 bridgehead atoms. The van der Waals surface area contributed by atoms with E-state index in [2.05, 4.69) is 31.2 Å². The lowest BCUT2D eigenvalue weighted by Gasteiger charge is -2.18. The predicted octanol–water partition coefficient (Wildman–Crippen LogP) is 6.01. The minimum absolute atomic E-state index is 0.319. The second-order valence-electron chi connectivity index (χ2n) is 6.10. The lowest BCUT2D eigenvalue weighted by atomic mass is 10.2. The highest BCUT2D eigenvalue weighted by molar-refractivity contribution is 6.70. The van der Waals surface area contributed by atoms with Gasteiger partial charge in [0.15, 0.2) is 5.88 Å². The van der Waals surface area contributed by atoms with Crippen molar-refractivity contribution in [1.82, 2.24) is 0 Å². The number of nitrogens with zero attached hydrogens (tertiary/aromatic N) is 1. The van der Waals surface area contributed by atoms with Crippen LogP contribution in [0.1, 0.15) is 5.56 Å². The summed E-state index contributed by atoms with van der Waals surface area (Å²) in [6, 6.07) is 11.0. The predicted molar refractivity (Wildman–Crippen MR) is 99.1 cm³/mol. The van der Waals surface area contributed by atoms with E-state index in [9.17, 15) is 4.39 Å². The highest BCUT2D eigenvalue weighted by Gasteiger charge is 2.16. The average molecular weight is 364 g/mol. The first kappa shape index (κ1) is 18.2. The molecule has 2 aromatic carbocycles. The van der Waals surface area contributed by atoms with E-state index in [4.69, 9.17) is 20.8 Å². The Morgan fingerprint density at radius 1 is 1.17 bits per heavy atom. The van der Waals surface area contributed by atoms with Crippen LogP contribution in [0.3, 0.4) is 0 Å². The normalized spacial score (nSPS) is 11.5. The first-order valence-corrected chi connectivity index (χ1v) is 11.2. The number of aliphatic imine (C=N–C) groups is 1. The number of halogens is 2. The largest absolute Gasteiger partial charge is 0.532 e. The number of benzene rings is 2. The van der Waals surface area contributed by atoms with Gasteiger partial charge >= 0.3 is 0 Å². The van der Waals surface area contributed by atoms with Crippen molar-refractivity contribution in [2.45, 2.75) is 19.6 Å². The van der Waals surface area contributed by atoms with E-state index >= 15 is 0 Å². The molecule has 0 unspecified atom stereocenters. The van der Waals surface area contributed by atoms with Gasteiger partial charge in [-0.15, -0.1) is 0 Å². The van der Waals surface area contributed by atoms with Gasteiger partial charge in [-0.2, -0.15) is 0 Å². The van der Waals surface area contributed by atoms with Crippen LogP contribution in [0.25, 0.3) is 0 Å². The minimum Gasteiger partial charge on any atom is -0.532 e. The molecule has 0 amide bonds. The molecule has 3 nitrogen and oxygen atoms in total. The summed E-state index contributed by atoms with van der Waals surface area (Å²) in [5.41, 5.74) is 0.673. The standard InChI is InChI=1S/C18H19ClFNO2Si/c1-13(23-24(2,3)4)21-12-14-11-15(19)5-10-18(14)22-17-8-6-16(20)7-9-17/h5-12H,1H2,2-4H3. The summed E-state index contributed by atoms with van der Waals surface area (Å²) < 4.78 is 24.5. The second kappa shape index (κ2) is 7.64. The Morgan fingerprint density at radius 3 is 2.46 bits per heavy atom. The third-order valence-electron chi connectivity index (χ3n) is 2.78. The van der Waals surface area contributed by atoms with Crippen molar-refractivity contribution in [2.75, 3.05) is 0 Å². The quantitative estimate of drug-likeness (QED) is 0.357. The summed E-state index contributed by atoms with van der Waals surface area (Å²) in [7, 11) is -1.76. The van der Waals surface area contributed by atoms with Gasteiger partial charge in [-0.3, -0.25) is 0 Å². The Balaban J connectivity index is 2.21. The molecule has 2 rings (SSSR count). The molecule has 0 saturated heterocycles. The Kier molecular flexibility index (Phi) is 5.80. The molecule has 0 aromatic heterocycles. The van der Waals surface area contributed by atoms with E-state index in [0.29, 0.717) is 28.0 Å². The molecule has 0 aliphatic carbocycles. The fraction of sp³-hybridized carbons (Fsp3) is 0.167. The summed E-state index contributed by atoms with van der Waals surface area (Å²) in [6.45, 7) is 9.96. The van der Waals surface area contributed by atoms with E-state index in [1.807, 2.05) is 0 Å². The van der Waals surface area contributed by atoms with Gasteiger partial charge in [-0.1, -0.05) is 11.6 Å². The van der Waals surface area contributed by atoms with Crippen LogP contribution in [0.5, 0.6) is 11.5 Å². The van der Waals surface area contributed by atoms with Crippen LogP contribution in [0.15, 0.2) is 59.9 Å². The zero-order valence-corrected chi connectivity index (χ0v) is 15.6. The number of ether oxygens (including phenoxy) is 1. The van der Waals surface area contributed by atoms with Crippen molar-refractivity contribution in [2.24, 2.45) is 4.99 Å². The monoisotopic (exact) mass is 363 g/mol. The Labute approximate surface area is 147 Å². The topological polar surface area (TPSA) is 30.8 Å². The van der Waals surface area contributed by atoms with E-state index < -0.39 is 8.32 Å².